The van der Waals surface area contributed by atoms with E-state index >= 15 is 0 Å². The number of hydrogen-bond donors (Lipinski definition) is 3. The van der Waals surface area contributed by atoms with Gasteiger partial charge in [-0.15, -0.1) is 0 Å². The van der Waals surface area contributed by atoms with Gasteiger partial charge < -0.3 is 15.8 Å². The van der Waals surface area contributed by atoms with Crippen LogP contribution in [0.25, 0.3) is 10.9 Å². The van der Waals surface area contributed by atoms with E-state index in [1.807, 2.05) is 18.2 Å². The molecule has 0 aliphatic carbocycles. The molecule has 1 unspecified atom stereocenters. The van der Waals surface area contributed by atoms with Gasteiger partial charge in [-0.2, -0.15) is 0 Å². The number of halogens is 1. The largest absolute Gasteiger partial charge is 0.387 e. The molecule has 1 aromatic heterocycles. The molecule has 2 aromatic rings. The van der Waals surface area contributed by atoms with Crippen molar-refractivity contribution in [3.8, 4) is 0 Å². The second kappa shape index (κ2) is 3.61. The second-order valence-electron chi connectivity index (χ2n) is 3.16. The zero-order valence-corrected chi connectivity index (χ0v) is 8.25. The number of aromatic nitrogens is 1. The number of fused-ring (bicyclic) bond motifs is 1. The Morgan fingerprint density at radius 3 is 3.00 bits per heavy atom. The molecule has 0 saturated heterocycles. The fraction of sp³-hybridized carbons (Fsp3) is 0.200. The highest BCUT2D eigenvalue weighted by Crippen LogP contribution is 2.29. The van der Waals surface area contributed by atoms with Crippen LogP contribution in [-0.4, -0.2) is 16.6 Å². The summed E-state index contributed by atoms with van der Waals surface area (Å²) in [4.78, 5) is 3.02. The van der Waals surface area contributed by atoms with Gasteiger partial charge in [-0.05, 0) is 11.6 Å². The van der Waals surface area contributed by atoms with Crippen LogP contribution in [0.15, 0.2) is 24.4 Å². The summed E-state index contributed by atoms with van der Waals surface area (Å²) in [5.74, 6) is 0. The Balaban J connectivity index is 2.69. The first kappa shape index (κ1) is 9.52. The number of aliphatic hydroxyl groups is 1. The topological polar surface area (TPSA) is 62.0 Å². The van der Waals surface area contributed by atoms with Crippen molar-refractivity contribution in [3.63, 3.8) is 0 Å². The molecule has 0 spiro atoms. The average molecular weight is 211 g/mol. The molecule has 0 bridgehead atoms. The number of aliphatic hydroxyl groups excluding tert-OH is 1. The molecule has 74 valence electrons. The van der Waals surface area contributed by atoms with Crippen LogP contribution in [0, 0.1) is 0 Å². The molecule has 14 heavy (non-hydrogen) atoms. The first-order chi connectivity index (χ1) is 6.74. The molecule has 0 fully saturated rings. The van der Waals surface area contributed by atoms with E-state index in [-0.39, 0.29) is 6.54 Å². The van der Waals surface area contributed by atoms with Crippen molar-refractivity contribution >= 4 is 22.5 Å². The van der Waals surface area contributed by atoms with E-state index < -0.39 is 6.10 Å². The molecule has 0 aliphatic rings. The maximum absolute atomic E-state index is 9.67. The Morgan fingerprint density at radius 1 is 1.50 bits per heavy atom. The molecule has 0 radical (unpaired) electrons. The lowest BCUT2D eigenvalue weighted by Gasteiger charge is -2.09. The van der Waals surface area contributed by atoms with Gasteiger partial charge in [-0.3, -0.25) is 0 Å². The summed E-state index contributed by atoms with van der Waals surface area (Å²) in [7, 11) is 0. The van der Waals surface area contributed by atoms with Crippen LogP contribution in [0.1, 0.15) is 11.7 Å². The summed E-state index contributed by atoms with van der Waals surface area (Å²) >= 11 is 6.00. The molecular weight excluding hydrogens is 200 g/mol. The van der Waals surface area contributed by atoms with E-state index in [9.17, 15) is 5.11 Å². The van der Waals surface area contributed by atoms with Crippen molar-refractivity contribution in [1.29, 1.82) is 0 Å². The normalized spacial score (nSPS) is 13.4. The van der Waals surface area contributed by atoms with Gasteiger partial charge in [0.2, 0.25) is 0 Å². The van der Waals surface area contributed by atoms with Crippen LogP contribution in [0.5, 0.6) is 0 Å². The number of benzene rings is 1. The van der Waals surface area contributed by atoms with Crippen LogP contribution in [0.4, 0.5) is 0 Å². The maximum Gasteiger partial charge on any atom is 0.0919 e. The summed E-state index contributed by atoms with van der Waals surface area (Å²) in [5, 5.41) is 11.1. The lowest BCUT2D eigenvalue weighted by Crippen LogP contribution is -2.11. The zero-order valence-electron chi connectivity index (χ0n) is 7.50. The van der Waals surface area contributed by atoms with E-state index in [0.29, 0.717) is 5.02 Å². The summed E-state index contributed by atoms with van der Waals surface area (Å²) < 4.78 is 0. The predicted octanol–water partition coefficient (Wildman–Crippen LogP) is 1.81. The van der Waals surface area contributed by atoms with E-state index in [2.05, 4.69) is 4.98 Å². The number of nitrogens with two attached hydrogens (primary N) is 1. The third-order valence-corrected chi connectivity index (χ3v) is 2.57. The van der Waals surface area contributed by atoms with Crippen molar-refractivity contribution in [2.75, 3.05) is 6.54 Å². The van der Waals surface area contributed by atoms with Gasteiger partial charge in [-0.1, -0.05) is 23.7 Å². The number of aromatic amines is 1. The van der Waals surface area contributed by atoms with Crippen molar-refractivity contribution in [2.45, 2.75) is 6.10 Å². The Labute approximate surface area is 86.5 Å². The first-order valence-corrected chi connectivity index (χ1v) is 4.75. The lowest BCUT2D eigenvalue weighted by molar-refractivity contribution is 0.188. The van der Waals surface area contributed by atoms with Gasteiger partial charge in [0.15, 0.2) is 0 Å². The highest BCUT2D eigenvalue weighted by Gasteiger charge is 2.12. The van der Waals surface area contributed by atoms with Gasteiger partial charge in [0.05, 0.1) is 11.1 Å². The van der Waals surface area contributed by atoms with E-state index in [4.69, 9.17) is 17.3 Å². The minimum atomic E-state index is -0.660. The molecule has 4 heteroatoms. The molecule has 1 heterocycles. The first-order valence-electron chi connectivity index (χ1n) is 4.37. The Kier molecular flexibility index (Phi) is 2.46. The number of rotatable bonds is 2. The lowest BCUT2D eigenvalue weighted by atomic mass is 10.1. The number of H-pyrrole nitrogens is 1. The van der Waals surface area contributed by atoms with Gasteiger partial charge in [0, 0.05) is 23.6 Å². The van der Waals surface area contributed by atoms with Crippen LogP contribution in [0.3, 0.4) is 0 Å². The summed E-state index contributed by atoms with van der Waals surface area (Å²) in [6, 6.07) is 5.61. The van der Waals surface area contributed by atoms with E-state index in [0.717, 1.165) is 16.5 Å². The highest BCUT2D eigenvalue weighted by atomic mass is 35.5. The molecule has 1 aromatic carbocycles. The maximum atomic E-state index is 9.67. The standard InChI is InChI=1S/C10H11ClN2O/c11-7-5-13-8-3-1-2-6(10(7)8)9(14)4-12/h1-3,5,9,13-14H,4,12H2. The average Bonchev–Trinajstić information content (AvgIpc) is 2.59. The SMILES string of the molecule is NCC(O)c1cccc2[nH]cc(Cl)c12. The van der Waals surface area contributed by atoms with E-state index in [1.165, 1.54) is 0 Å². The van der Waals surface area contributed by atoms with Crippen LogP contribution < -0.4 is 5.73 Å². The second-order valence-corrected chi connectivity index (χ2v) is 3.57. The van der Waals surface area contributed by atoms with Crippen LogP contribution >= 0.6 is 11.6 Å². The fourth-order valence-electron chi connectivity index (χ4n) is 1.57. The van der Waals surface area contributed by atoms with Gasteiger partial charge in [0.25, 0.3) is 0 Å². The quantitative estimate of drug-likeness (QED) is 0.708. The molecule has 0 saturated carbocycles. The molecule has 3 nitrogen and oxygen atoms in total. The smallest absolute Gasteiger partial charge is 0.0919 e. The van der Waals surface area contributed by atoms with Gasteiger partial charge in [0.1, 0.15) is 0 Å². The van der Waals surface area contributed by atoms with Crippen LogP contribution in [0.2, 0.25) is 5.02 Å². The number of hydrogen-bond acceptors (Lipinski definition) is 2. The molecule has 2 rings (SSSR count). The summed E-state index contributed by atoms with van der Waals surface area (Å²) in [5.41, 5.74) is 7.10. The highest BCUT2D eigenvalue weighted by molar-refractivity contribution is 6.35. The predicted molar refractivity (Wildman–Crippen MR) is 57.3 cm³/mol. The third kappa shape index (κ3) is 1.39. The Morgan fingerprint density at radius 2 is 2.29 bits per heavy atom. The van der Waals surface area contributed by atoms with Crippen molar-refractivity contribution in [3.05, 3.63) is 35.0 Å². The molecule has 4 N–H and O–H groups in total. The summed E-state index contributed by atoms with van der Waals surface area (Å²) in [6.07, 6.45) is 1.05. The minimum Gasteiger partial charge on any atom is -0.387 e. The van der Waals surface area contributed by atoms with E-state index in [1.54, 1.807) is 6.20 Å². The fourth-order valence-corrected chi connectivity index (χ4v) is 1.84. The third-order valence-electron chi connectivity index (χ3n) is 2.27. The molecule has 0 amide bonds. The molecule has 0 aliphatic heterocycles. The van der Waals surface area contributed by atoms with Gasteiger partial charge in [-0.25, -0.2) is 0 Å². The number of nitrogens with one attached hydrogen (secondary N) is 1. The minimum absolute atomic E-state index is 0.195. The Bertz CT molecular complexity index is 452. The zero-order chi connectivity index (χ0) is 10.1. The summed E-state index contributed by atoms with van der Waals surface area (Å²) in [6.45, 7) is 0.195. The van der Waals surface area contributed by atoms with Gasteiger partial charge >= 0.3 is 0 Å². The van der Waals surface area contributed by atoms with Crippen molar-refractivity contribution in [2.24, 2.45) is 5.73 Å². The van der Waals surface area contributed by atoms with Crippen molar-refractivity contribution < 1.29 is 5.11 Å². The molecule has 1 atom stereocenters. The Hall–Kier alpha value is -1.03. The van der Waals surface area contributed by atoms with Crippen LogP contribution in [-0.2, 0) is 0 Å². The molecular formula is C10H11ClN2O. The van der Waals surface area contributed by atoms with Crippen molar-refractivity contribution in [1.82, 2.24) is 4.98 Å². The monoisotopic (exact) mass is 210 g/mol.